The van der Waals surface area contributed by atoms with Crippen LogP contribution in [0.2, 0.25) is 0 Å². The number of nitrogens with two attached hydrogens (primary N) is 1. The second-order valence-corrected chi connectivity index (χ2v) is 4.21. The average Bonchev–Trinajstić information content (AvgIpc) is 2.53. The molecule has 1 unspecified atom stereocenters. The van der Waals surface area contributed by atoms with Crippen molar-refractivity contribution in [1.82, 2.24) is 0 Å². The summed E-state index contributed by atoms with van der Waals surface area (Å²) >= 11 is 0. The highest BCUT2D eigenvalue weighted by molar-refractivity contribution is 6.11. The van der Waals surface area contributed by atoms with Crippen LogP contribution in [0, 0.1) is 0 Å². The summed E-state index contributed by atoms with van der Waals surface area (Å²) in [6.07, 6.45) is -1.45. The maximum Gasteiger partial charge on any atom is 0.345 e. The van der Waals surface area contributed by atoms with E-state index in [1.807, 2.05) is 6.07 Å². The van der Waals surface area contributed by atoms with E-state index in [-0.39, 0.29) is 11.5 Å². The zero-order valence-corrected chi connectivity index (χ0v) is 11.0. The molecule has 0 saturated heterocycles. The second kappa shape index (κ2) is 6.53. The van der Waals surface area contributed by atoms with Crippen LogP contribution in [0.3, 0.4) is 0 Å². The first-order valence-corrected chi connectivity index (χ1v) is 6.17. The lowest BCUT2D eigenvalue weighted by Gasteiger charge is -2.04. The van der Waals surface area contributed by atoms with Gasteiger partial charge in [-0.25, -0.2) is 4.79 Å². The van der Waals surface area contributed by atoms with Gasteiger partial charge in [0.1, 0.15) is 0 Å². The van der Waals surface area contributed by atoms with Gasteiger partial charge in [0.25, 0.3) is 0 Å². The number of nitrogens with zero attached hydrogens (tertiary/aromatic N) is 2. The summed E-state index contributed by atoms with van der Waals surface area (Å²) in [4.78, 5) is 23.0. The summed E-state index contributed by atoms with van der Waals surface area (Å²) in [5.41, 5.74) is 6.39. The number of benzene rings is 2. The Kier molecular flexibility index (Phi) is 4.53. The SMILES string of the molecule is NC(/N=N/c1ccccc1C(=O)c1ccccc1)C(=O)O. The summed E-state index contributed by atoms with van der Waals surface area (Å²) in [5.74, 6) is -1.50. The number of carbonyl (C=O) groups is 2. The van der Waals surface area contributed by atoms with Crippen molar-refractivity contribution in [1.29, 1.82) is 0 Å². The molecule has 0 bridgehead atoms. The molecule has 0 aromatic heterocycles. The van der Waals surface area contributed by atoms with Gasteiger partial charge >= 0.3 is 5.97 Å². The quantitative estimate of drug-likeness (QED) is 0.649. The lowest BCUT2D eigenvalue weighted by Crippen LogP contribution is -2.27. The molecule has 6 nitrogen and oxygen atoms in total. The third-order valence-electron chi connectivity index (χ3n) is 2.73. The van der Waals surface area contributed by atoms with Crippen LogP contribution in [-0.4, -0.2) is 23.0 Å². The van der Waals surface area contributed by atoms with Crippen molar-refractivity contribution in [3.8, 4) is 0 Å². The van der Waals surface area contributed by atoms with E-state index >= 15 is 0 Å². The summed E-state index contributed by atoms with van der Waals surface area (Å²) in [6.45, 7) is 0. The van der Waals surface area contributed by atoms with Crippen molar-refractivity contribution in [2.75, 3.05) is 0 Å². The molecule has 0 amide bonds. The predicted octanol–water partition coefficient (Wildman–Crippen LogP) is 2.37. The highest BCUT2D eigenvalue weighted by Crippen LogP contribution is 2.22. The van der Waals surface area contributed by atoms with Gasteiger partial charge in [-0.1, -0.05) is 42.5 Å². The summed E-state index contributed by atoms with van der Waals surface area (Å²) in [7, 11) is 0. The van der Waals surface area contributed by atoms with Crippen LogP contribution in [0.4, 0.5) is 5.69 Å². The zero-order chi connectivity index (χ0) is 15.2. The number of hydrogen-bond donors (Lipinski definition) is 2. The van der Waals surface area contributed by atoms with E-state index in [9.17, 15) is 9.59 Å². The smallest absolute Gasteiger partial charge is 0.345 e. The molecule has 0 saturated carbocycles. The number of rotatable bonds is 5. The van der Waals surface area contributed by atoms with Gasteiger partial charge in [0.15, 0.2) is 5.78 Å². The average molecular weight is 283 g/mol. The fourth-order valence-electron chi connectivity index (χ4n) is 1.67. The Balaban J connectivity index is 2.33. The maximum atomic E-state index is 12.4. The van der Waals surface area contributed by atoms with E-state index in [2.05, 4.69) is 10.2 Å². The Morgan fingerprint density at radius 3 is 2.29 bits per heavy atom. The predicted molar refractivity (Wildman–Crippen MR) is 76.4 cm³/mol. The molecule has 0 radical (unpaired) electrons. The van der Waals surface area contributed by atoms with Crippen LogP contribution in [0.1, 0.15) is 15.9 Å². The molecule has 106 valence electrons. The van der Waals surface area contributed by atoms with Crippen molar-refractivity contribution in [2.45, 2.75) is 6.17 Å². The molecule has 0 aliphatic carbocycles. The van der Waals surface area contributed by atoms with Crippen molar-refractivity contribution >= 4 is 17.4 Å². The number of ketones is 1. The molecule has 6 heteroatoms. The maximum absolute atomic E-state index is 12.4. The Hall–Kier alpha value is -2.86. The fraction of sp³-hybridized carbons (Fsp3) is 0.0667. The second-order valence-electron chi connectivity index (χ2n) is 4.21. The molecule has 2 rings (SSSR count). The number of carboxylic acids is 1. The zero-order valence-electron chi connectivity index (χ0n) is 11.0. The Morgan fingerprint density at radius 1 is 1.00 bits per heavy atom. The Labute approximate surface area is 120 Å². The van der Waals surface area contributed by atoms with Crippen LogP contribution in [0.15, 0.2) is 64.8 Å². The highest BCUT2D eigenvalue weighted by Gasteiger charge is 2.14. The molecule has 21 heavy (non-hydrogen) atoms. The number of azo groups is 1. The molecule has 3 N–H and O–H groups in total. The van der Waals surface area contributed by atoms with Gasteiger partial charge in [0, 0.05) is 5.56 Å². The first-order chi connectivity index (χ1) is 10.1. The first kappa shape index (κ1) is 14.5. The lowest BCUT2D eigenvalue weighted by atomic mass is 10.0. The fourth-order valence-corrected chi connectivity index (χ4v) is 1.67. The van der Waals surface area contributed by atoms with E-state index in [1.54, 1.807) is 48.5 Å². The van der Waals surface area contributed by atoms with Crippen molar-refractivity contribution < 1.29 is 14.7 Å². The van der Waals surface area contributed by atoms with Gasteiger partial charge in [-0.3, -0.25) is 10.5 Å². The van der Waals surface area contributed by atoms with Crippen LogP contribution < -0.4 is 5.73 Å². The van der Waals surface area contributed by atoms with Gasteiger partial charge in [-0.2, -0.15) is 10.2 Å². The van der Waals surface area contributed by atoms with E-state index in [0.717, 1.165) is 0 Å². The lowest BCUT2D eigenvalue weighted by molar-refractivity contribution is -0.138. The van der Waals surface area contributed by atoms with Crippen molar-refractivity contribution in [3.63, 3.8) is 0 Å². The summed E-state index contributed by atoms with van der Waals surface area (Å²) < 4.78 is 0. The monoisotopic (exact) mass is 283 g/mol. The third-order valence-corrected chi connectivity index (χ3v) is 2.73. The number of carboxylic acid groups (broad SMARTS) is 1. The highest BCUT2D eigenvalue weighted by atomic mass is 16.4. The minimum Gasteiger partial charge on any atom is -0.479 e. The molecule has 0 aliphatic rings. The molecule has 0 fully saturated rings. The summed E-state index contributed by atoms with van der Waals surface area (Å²) in [5, 5.41) is 15.9. The molecule has 0 aliphatic heterocycles. The van der Waals surface area contributed by atoms with Crippen molar-refractivity contribution in [2.24, 2.45) is 16.0 Å². The number of hydrogen-bond acceptors (Lipinski definition) is 5. The van der Waals surface area contributed by atoms with E-state index in [1.165, 1.54) is 0 Å². The molecule has 0 spiro atoms. The molecular weight excluding hydrogens is 270 g/mol. The van der Waals surface area contributed by atoms with E-state index < -0.39 is 12.1 Å². The van der Waals surface area contributed by atoms with Crippen LogP contribution in [-0.2, 0) is 4.79 Å². The molecule has 1 atom stereocenters. The Bertz CT molecular complexity index is 684. The third kappa shape index (κ3) is 3.58. The van der Waals surface area contributed by atoms with E-state index in [4.69, 9.17) is 10.8 Å². The first-order valence-electron chi connectivity index (χ1n) is 6.17. The number of carbonyl (C=O) groups excluding carboxylic acids is 1. The molecule has 2 aromatic carbocycles. The minimum absolute atomic E-state index is 0.214. The van der Waals surface area contributed by atoms with Crippen LogP contribution in [0.5, 0.6) is 0 Å². The summed E-state index contributed by atoms with van der Waals surface area (Å²) in [6, 6.07) is 15.3. The van der Waals surface area contributed by atoms with Crippen LogP contribution >= 0.6 is 0 Å². The van der Waals surface area contributed by atoms with Gasteiger partial charge in [0.05, 0.1) is 11.3 Å². The van der Waals surface area contributed by atoms with Gasteiger partial charge in [0.2, 0.25) is 6.17 Å². The molecular formula is C15H13N3O3. The largest absolute Gasteiger partial charge is 0.479 e. The minimum atomic E-state index is -1.45. The van der Waals surface area contributed by atoms with Gasteiger partial charge in [-0.15, -0.1) is 0 Å². The standard InChI is InChI=1S/C15H13N3O3/c16-14(15(20)21)18-17-12-9-5-4-8-11(12)13(19)10-6-2-1-3-7-10/h1-9,14H,16H2,(H,20,21)/b18-17+. The van der Waals surface area contributed by atoms with Gasteiger partial charge in [-0.05, 0) is 12.1 Å². The van der Waals surface area contributed by atoms with Gasteiger partial charge < -0.3 is 5.11 Å². The molecule has 0 heterocycles. The number of aliphatic carboxylic acids is 1. The molecule has 2 aromatic rings. The van der Waals surface area contributed by atoms with Crippen molar-refractivity contribution in [3.05, 3.63) is 65.7 Å². The van der Waals surface area contributed by atoms with Crippen LogP contribution in [0.25, 0.3) is 0 Å². The van der Waals surface area contributed by atoms with E-state index in [0.29, 0.717) is 11.1 Å². The Morgan fingerprint density at radius 2 is 1.62 bits per heavy atom. The topological polar surface area (TPSA) is 105 Å². The normalized spacial score (nSPS) is 12.2.